The van der Waals surface area contributed by atoms with Crippen LogP contribution in [0, 0.1) is 0 Å². The number of aromatic nitrogens is 2. The maximum absolute atomic E-state index is 4.94. The lowest BCUT2D eigenvalue weighted by Crippen LogP contribution is -2.53. The molecule has 8 heteroatoms. The van der Waals surface area contributed by atoms with Gasteiger partial charge >= 0.3 is 0 Å². The Morgan fingerprint density at radius 3 is 2.23 bits per heavy atom. The Bertz CT molecular complexity index is 797. The van der Waals surface area contributed by atoms with Crippen LogP contribution in [0.2, 0.25) is 0 Å². The number of nitrogens with zero attached hydrogens (tertiary/aromatic N) is 7. The van der Waals surface area contributed by atoms with Gasteiger partial charge in [-0.05, 0) is 25.1 Å². The fourth-order valence-corrected chi connectivity index (χ4v) is 4.16. The highest BCUT2D eigenvalue weighted by Gasteiger charge is 2.21. The van der Waals surface area contributed by atoms with Gasteiger partial charge in [0.25, 0.3) is 0 Å². The molecule has 2 aliphatic heterocycles. The van der Waals surface area contributed by atoms with Gasteiger partial charge in [0.05, 0.1) is 6.54 Å². The van der Waals surface area contributed by atoms with Gasteiger partial charge in [0.1, 0.15) is 0 Å². The summed E-state index contributed by atoms with van der Waals surface area (Å²) in [4.78, 5) is 23.3. The van der Waals surface area contributed by atoms with Crippen molar-refractivity contribution in [2.24, 2.45) is 4.99 Å². The van der Waals surface area contributed by atoms with Crippen LogP contribution in [0.1, 0.15) is 6.92 Å². The van der Waals surface area contributed by atoms with Gasteiger partial charge in [0, 0.05) is 83.5 Å². The van der Waals surface area contributed by atoms with Crippen molar-refractivity contribution in [3.63, 3.8) is 0 Å². The molecule has 31 heavy (non-hydrogen) atoms. The highest BCUT2D eigenvalue weighted by atomic mass is 15.4. The Labute approximate surface area is 185 Å². The fraction of sp³-hybridized carbons (Fsp3) is 0.522. The first-order valence-corrected chi connectivity index (χ1v) is 11.4. The average molecular weight is 423 g/mol. The molecule has 1 aromatic carbocycles. The summed E-state index contributed by atoms with van der Waals surface area (Å²) in [6.45, 7) is 12.9. The van der Waals surface area contributed by atoms with Crippen LogP contribution in [0.3, 0.4) is 0 Å². The van der Waals surface area contributed by atoms with Crippen LogP contribution in [0.5, 0.6) is 0 Å². The van der Waals surface area contributed by atoms with E-state index >= 15 is 0 Å². The molecule has 1 N–H and O–H groups in total. The summed E-state index contributed by atoms with van der Waals surface area (Å²) in [6.07, 6.45) is 3.62. The van der Waals surface area contributed by atoms with Crippen molar-refractivity contribution in [3.8, 4) is 0 Å². The third kappa shape index (κ3) is 5.85. The first-order chi connectivity index (χ1) is 15.3. The fourth-order valence-electron chi connectivity index (χ4n) is 4.16. The van der Waals surface area contributed by atoms with Gasteiger partial charge in [-0.15, -0.1) is 0 Å². The number of para-hydroxylation sites is 1. The van der Waals surface area contributed by atoms with Crippen molar-refractivity contribution in [2.45, 2.75) is 6.92 Å². The molecular formula is C23H34N8. The Morgan fingerprint density at radius 1 is 0.871 bits per heavy atom. The number of guanidine groups is 1. The van der Waals surface area contributed by atoms with E-state index in [-0.39, 0.29) is 0 Å². The maximum atomic E-state index is 4.94. The maximum Gasteiger partial charge on any atom is 0.225 e. The number of hydrogen-bond acceptors (Lipinski definition) is 6. The average Bonchev–Trinajstić information content (AvgIpc) is 2.85. The second-order valence-electron chi connectivity index (χ2n) is 7.92. The predicted molar refractivity (Wildman–Crippen MR) is 127 cm³/mol. The van der Waals surface area contributed by atoms with Gasteiger partial charge in [-0.2, -0.15) is 0 Å². The molecule has 0 spiro atoms. The van der Waals surface area contributed by atoms with Gasteiger partial charge in [0.2, 0.25) is 5.95 Å². The molecule has 2 fully saturated rings. The normalized spacial score (nSPS) is 18.4. The molecule has 0 radical (unpaired) electrons. The molecule has 0 amide bonds. The van der Waals surface area contributed by atoms with E-state index in [1.54, 1.807) is 0 Å². The highest BCUT2D eigenvalue weighted by Crippen LogP contribution is 2.15. The summed E-state index contributed by atoms with van der Waals surface area (Å²) in [5.41, 5.74) is 1.31. The molecule has 0 unspecified atom stereocenters. The quantitative estimate of drug-likeness (QED) is 0.557. The van der Waals surface area contributed by atoms with Crippen molar-refractivity contribution < 1.29 is 0 Å². The van der Waals surface area contributed by atoms with Crippen molar-refractivity contribution in [3.05, 3.63) is 48.8 Å². The summed E-state index contributed by atoms with van der Waals surface area (Å²) in [6, 6.07) is 12.5. The number of aliphatic imine (C=N–C) groups is 1. The number of piperazine rings is 2. The number of rotatable bonds is 6. The number of benzene rings is 1. The zero-order chi connectivity index (χ0) is 21.3. The van der Waals surface area contributed by atoms with Crippen molar-refractivity contribution in [1.29, 1.82) is 0 Å². The van der Waals surface area contributed by atoms with Gasteiger partial charge in [-0.25, -0.2) is 9.97 Å². The van der Waals surface area contributed by atoms with E-state index in [1.807, 2.05) is 18.5 Å². The van der Waals surface area contributed by atoms with Crippen LogP contribution in [-0.2, 0) is 0 Å². The third-order valence-electron chi connectivity index (χ3n) is 5.92. The predicted octanol–water partition coefficient (Wildman–Crippen LogP) is 1.39. The third-order valence-corrected chi connectivity index (χ3v) is 5.92. The van der Waals surface area contributed by atoms with Crippen LogP contribution in [-0.4, -0.2) is 97.7 Å². The van der Waals surface area contributed by atoms with E-state index in [1.165, 1.54) is 5.69 Å². The minimum absolute atomic E-state index is 0.822. The molecule has 0 saturated carbocycles. The minimum atomic E-state index is 0.822. The van der Waals surface area contributed by atoms with E-state index < -0.39 is 0 Å². The van der Waals surface area contributed by atoms with E-state index in [2.05, 4.69) is 72.1 Å². The number of nitrogens with one attached hydrogen (secondary N) is 1. The molecule has 0 atom stereocenters. The Hall–Kier alpha value is -2.87. The van der Waals surface area contributed by atoms with Crippen molar-refractivity contribution in [1.82, 2.24) is 25.1 Å². The van der Waals surface area contributed by atoms with Gasteiger partial charge in [0.15, 0.2) is 5.96 Å². The highest BCUT2D eigenvalue weighted by molar-refractivity contribution is 5.80. The zero-order valence-corrected chi connectivity index (χ0v) is 18.5. The molecular weight excluding hydrogens is 388 g/mol. The monoisotopic (exact) mass is 422 g/mol. The van der Waals surface area contributed by atoms with Crippen molar-refractivity contribution in [2.75, 3.05) is 81.8 Å². The van der Waals surface area contributed by atoms with Crippen LogP contribution in [0.15, 0.2) is 53.8 Å². The SMILES string of the molecule is CCNC(=NCCN1CCN(c2ncccn2)CC1)N1CCN(c2ccccc2)CC1. The zero-order valence-electron chi connectivity index (χ0n) is 18.5. The van der Waals surface area contributed by atoms with Crippen LogP contribution in [0.25, 0.3) is 0 Å². The lowest BCUT2D eigenvalue weighted by atomic mass is 10.2. The van der Waals surface area contributed by atoms with Gasteiger partial charge in [-0.3, -0.25) is 9.89 Å². The molecule has 1 aromatic heterocycles. The molecule has 8 nitrogen and oxygen atoms in total. The smallest absolute Gasteiger partial charge is 0.225 e. The van der Waals surface area contributed by atoms with E-state index in [9.17, 15) is 0 Å². The lowest BCUT2D eigenvalue weighted by molar-refractivity contribution is 0.263. The molecule has 0 bridgehead atoms. The molecule has 4 rings (SSSR count). The van der Waals surface area contributed by atoms with Gasteiger partial charge in [-0.1, -0.05) is 18.2 Å². The Balaban J connectivity index is 1.23. The van der Waals surface area contributed by atoms with Gasteiger partial charge < -0.3 is 20.0 Å². The summed E-state index contributed by atoms with van der Waals surface area (Å²) in [5, 5.41) is 3.49. The lowest BCUT2D eigenvalue weighted by Gasteiger charge is -2.38. The van der Waals surface area contributed by atoms with Crippen molar-refractivity contribution >= 4 is 17.6 Å². The first kappa shape index (κ1) is 21.4. The second kappa shape index (κ2) is 10.9. The second-order valence-corrected chi connectivity index (χ2v) is 7.92. The Kier molecular flexibility index (Phi) is 7.55. The Morgan fingerprint density at radius 2 is 1.55 bits per heavy atom. The molecule has 2 aromatic rings. The van der Waals surface area contributed by atoms with Crippen LogP contribution < -0.4 is 15.1 Å². The largest absolute Gasteiger partial charge is 0.368 e. The van der Waals surface area contributed by atoms with E-state index in [0.717, 1.165) is 83.9 Å². The standard InChI is InChI=1S/C23H34N8/c1-2-24-22(31-19-17-29(18-20-31)21-7-4-3-5-8-21)27-11-12-28-13-15-30(16-14-28)23-25-9-6-10-26-23/h3-10H,2,11-20H2,1H3,(H,24,27). The van der Waals surface area contributed by atoms with Crippen LogP contribution in [0.4, 0.5) is 11.6 Å². The van der Waals surface area contributed by atoms with E-state index in [0.29, 0.717) is 0 Å². The minimum Gasteiger partial charge on any atom is -0.368 e. The summed E-state index contributed by atoms with van der Waals surface area (Å²) >= 11 is 0. The molecule has 0 aliphatic carbocycles. The summed E-state index contributed by atoms with van der Waals surface area (Å²) < 4.78 is 0. The topological polar surface area (TPSA) is 63.1 Å². The first-order valence-electron chi connectivity index (χ1n) is 11.4. The number of anilines is 2. The summed E-state index contributed by atoms with van der Waals surface area (Å²) in [7, 11) is 0. The molecule has 3 heterocycles. The molecule has 2 aliphatic rings. The molecule has 2 saturated heterocycles. The van der Waals surface area contributed by atoms with E-state index in [4.69, 9.17) is 4.99 Å². The van der Waals surface area contributed by atoms with Crippen LogP contribution >= 0.6 is 0 Å². The summed E-state index contributed by atoms with van der Waals surface area (Å²) in [5.74, 6) is 1.88. The molecule has 166 valence electrons. The number of hydrogen-bond donors (Lipinski definition) is 1.